The van der Waals surface area contributed by atoms with Crippen LogP contribution in [0.15, 0.2) is 54.6 Å². The molecule has 0 spiro atoms. The van der Waals surface area contributed by atoms with Crippen molar-refractivity contribution in [2.45, 2.75) is 11.5 Å². The number of carbonyl (C=O) groups is 1. The normalized spacial score (nSPS) is 15.4. The third-order valence-corrected chi connectivity index (χ3v) is 5.53. The number of hydrogen-bond donors (Lipinski definition) is 1. The number of nitrogens with one attached hydrogen (secondary N) is 1. The third kappa shape index (κ3) is 3.89. The van der Waals surface area contributed by atoms with Crippen LogP contribution in [0.3, 0.4) is 0 Å². The Hall–Kier alpha value is -2.64. The van der Waals surface area contributed by atoms with E-state index in [0.29, 0.717) is 28.1 Å². The number of ether oxygens (including phenoxy) is 1. The Morgan fingerprint density at radius 3 is 2.78 bits per heavy atom. The van der Waals surface area contributed by atoms with Crippen molar-refractivity contribution in [3.8, 4) is 11.4 Å². The average molecular weight is 402 g/mol. The lowest BCUT2D eigenvalue weighted by atomic mass is 10.2. The van der Waals surface area contributed by atoms with Gasteiger partial charge in [0.05, 0.1) is 22.9 Å². The molecule has 1 aliphatic rings. The average Bonchev–Trinajstić information content (AvgIpc) is 3.18. The fourth-order valence-electron chi connectivity index (χ4n) is 2.88. The quantitative estimate of drug-likeness (QED) is 0.711. The van der Waals surface area contributed by atoms with Gasteiger partial charge < -0.3 is 10.1 Å². The molecular formula is C19H16ClN3O3S. The van der Waals surface area contributed by atoms with E-state index in [0.717, 1.165) is 16.9 Å². The lowest BCUT2D eigenvalue weighted by molar-refractivity contribution is -0.118. The standard InChI is InChI=1S/C19H16ClN3O3S/c20-13-5-4-6-14(9-13)23-19(16-11-27(25)12-17(16)22-23)21-18(24)10-26-15-7-2-1-3-8-15/h1-9H,10-12H2,(H,21,24). The van der Waals surface area contributed by atoms with Gasteiger partial charge in [-0.2, -0.15) is 5.10 Å². The van der Waals surface area contributed by atoms with Crippen LogP contribution >= 0.6 is 11.6 Å². The van der Waals surface area contributed by atoms with Crippen molar-refractivity contribution in [2.24, 2.45) is 0 Å². The van der Waals surface area contributed by atoms with Gasteiger partial charge in [-0.1, -0.05) is 35.9 Å². The first-order valence-electron chi connectivity index (χ1n) is 8.29. The van der Waals surface area contributed by atoms with E-state index in [1.165, 1.54) is 0 Å². The summed E-state index contributed by atoms with van der Waals surface area (Å²) in [6.07, 6.45) is 0. The lowest BCUT2D eigenvalue weighted by Crippen LogP contribution is -2.22. The first-order chi connectivity index (χ1) is 13.1. The minimum atomic E-state index is -1.00. The van der Waals surface area contributed by atoms with Crippen LogP contribution in [0.5, 0.6) is 5.75 Å². The maximum absolute atomic E-state index is 12.4. The molecule has 1 aliphatic heterocycles. The molecule has 3 aromatic rings. The second kappa shape index (κ2) is 7.54. The van der Waals surface area contributed by atoms with E-state index in [1.807, 2.05) is 30.3 Å². The molecule has 1 atom stereocenters. The number of anilines is 1. The van der Waals surface area contributed by atoms with Gasteiger partial charge in [-0.25, -0.2) is 4.68 Å². The number of carbonyl (C=O) groups excluding carboxylic acids is 1. The summed E-state index contributed by atoms with van der Waals surface area (Å²) in [5.74, 6) is 1.56. The van der Waals surface area contributed by atoms with Gasteiger partial charge >= 0.3 is 0 Å². The van der Waals surface area contributed by atoms with E-state index in [4.69, 9.17) is 16.3 Å². The van der Waals surface area contributed by atoms with Gasteiger partial charge in [0, 0.05) is 21.4 Å². The monoisotopic (exact) mass is 401 g/mol. The molecule has 8 heteroatoms. The minimum Gasteiger partial charge on any atom is -0.484 e. The summed E-state index contributed by atoms with van der Waals surface area (Å²) in [5, 5.41) is 7.96. The van der Waals surface area contributed by atoms with Crippen molar-refractivity contribution in [1.82, 2.24) is 9.78 Å². The second-order valence-electron chi connectivity index (χ2n) is 6.04. The Labute approximate surface area is 163 Å². The minimum absolute atomic E-state index is 0.136. The highest BCUT2D eigenvalue weighted by atomic mass is 35.5. The highest BCUT2D eigenvalue weighted by Gasteiger charge is 2.28. The summed E-state index contributed by atoms with van der Waals surface area (Å²) in [6, 6.07) is 16.3. The highest BCUT2D eigenvalue weighted by molar-refractivity contribution is 7.83. The molecule has 0 saturated carbocycles. The van der Waals surface area contributed by atoms with Crippen LogP contribution in [0.25, 0.3) is 5.69 Å². The van der Waals surface area contributed by atoms with Crippen molar-refractivity contribution in [2.75, 3.05) is 11.9 Å². The van der Waals surface area contributed by atoms with E-state index < -0.39 is 10.8 Å². The first kappa shape index (κ1) is 17.8. The summed E-state index contributed by atoms with van der Waals surface area (Å²) in [7, 11) is -1.00. The van der Waals surface area contributed by atoms with Gasteiger partial charge in [0.15, 0.2) is 6.61 Å². The summed E-state index contributed by atoms with van der Waals surface area (Å²) in [6.45, 7) is -0.136. The predicted octanol–water partition coefficient (Wildman–Crippen LogP) is 3.31. The molecule has 0 aliphatic carbocycles. The summed E-state index contributed by atoms with van der Waals surface area (Å²) in [5.41, 5.74) is 2.25. The second-order valence-corrected chi connectivity index (χ2v) is 7.94. The molecule has 0 fully saturated rings. The maximum atomic E-state index is 12.4. The Morgan fingerprint density at radius 2 is 2.00 bits per heavy atom. The molecule has 2 heterocycles. The third-order valence-electron chi connectivity index (χ3n) is 4.09. The van der Waals surface area contributed by atoms with Crippen molar-refractivity contribution >= 4 is 34.1 Å². The van der Waals surface area contributed by atoms with Crippen molar-refractivity contribution in [3.63, 3.8) is 0 Å². The van der Waals surface area contributed by atoms with E-state index in [-0.39, 0.29) is 12.5 Å². The number of aromatic nitrogens is 2. The molecule has 0 radical (unpaired) electrons. The maximum Gasteiger partial charge on any atom is 0.263 e. The lowest BCUT2D eigenvalue weighted by Gasteiger charge is -2.12. The topological polar surface area (TPSA) is 73.2 Å². The van der Waals surface area contributed by atoms with Crippen LogP contribution in [0.1, 0.15) is 11.3 Å². The molecule has 4 rings (SSSR count). The molecule has 0 saturated heterocycles. The summed E-state index contributed by atoms with van der Waals surface area (Å²) in [4.78, 5) is 12.4. The summed E-state index contributed by atoms with van der Waals surface area (Å²) >= 11 is 6.09. The Balaban J connectivity index is 1.59. The zero-order valence-corrected chi connectivity index (χ0v) is 15.8. The summed E-state index contributed by atoms with van der Waals surface area (Å²) < 4.78 is 19.0. The molecule has 1 N–H and O–H groups in total. The molecule has 6 nitrogen and oxygen atoms in total. The molecule has 27 heavy (non-hydrogen) atoms. The number of benzene rings is 2. The van der Waals surface area contributed by atoms with E-state index in [1.54, 1.807) is 28.9 Å². The molecule has 138 valence electrons. The van der Waals surface area contributed by atoms with Gasteiger partial charge in [0.2, 0.25) is 0 Å². The molecule has 2 aromatic carbocycles. The number of hydrogen-bond acceptors (Lipinski definition) is 4. The number of fused-ring (bicyclic) bond motifs is 1. The van der Waals surface area contributed by atoms with Crippen LogP contribution in [0, 0.1) is 0 Å². The van der Waals surface area contributed by atoms with Crippen LogP contribution in [0.4, 0.5) is 5.82 Å². The van der Waals surface area contributed by atoms with Gasteiger partial charge in [0.25, 0.3) is 5.91 Å². The van der Waals surface area contributed by atoms with E-state index in [9.17, 15) is 9.00 Å². The van der Waals surface area contributed by atoms with Gasteiger partial charge in [-0.05, 0) is 30.3 Å². The number of rotatable bonds is 5. The van der Waals surface area contributed by atoms with E-state index >= 15 is 0 Å². The zero-order valence-electron chi connectivity index (χ0n) is 14.2. The largest absolute Gasteiger partial charge is 0.484 e. The van der Waals surface area contributed by atoms with Gasteiger partial charge in [0.1, 0.15) is 11.6 Å². The predicted molar refractivity (Wildman–Crippen MR) is 105 cm³/mol. The van der Waals surface area contributed by atoms with E-state index in [2.05, 4.69) is 10.4 Å². The van der Waals surface area contributed by atoms with Gasteiger partial charge in [-0.3, -0.25) is 9.00 Å². The first-order valence-corrected chi connectivity index (χ1v) is 10.2. The number of halogens is 1. The van der Waals surface area contributed by atoms with Crippen molar-refractivity contribution in [3.05, 3.63) is 70.9 Å². The molecule has 1 unspecified atom stereocenters. The Morgan fingerprint density at radius 1 is 1.19 bits per heavy atom. The molecule has 1 amide bonds. The fraction of sp³-hybridized carbons (Fsp3) is 0.158. The van der Waals surface area contributed by atoms with Crippen LogP contribution < -0.4 is 10.1 Å². The van der Waals surface area contributed by atoms with Crippen LogP contribution in [0.2, 0.25) is 5.02 Å². The highest BCUT2D eigenvalue weighted by Crippen LogP contribution is 2.31. The Bertz CT molecular complexity index is 1020. The zero-order chi connectivity index (χ0) is 18.8. The fourth-order valence-corrected chi connectivity index (χ4v) is 4.33. The number of para-hydroxylation sites is 1. The molecule has 1 aromatic heterocycles. The van der Waals surface area contributed by atoms with Crippen LogP contribution in [-0.4, -0.2) is 26.5 Å². The smallest absolute Gasteiger partial charge is 0.263 e. The van der Waals surface area contributed by atoms with Crippen molar-refractivity contribution < 1.29 is 13.7 Å². The number of amides is 1. The Kier molecular flexibility index (Phi) is 4.96. The number of nitrogens with zero attached hydrogens (tertiary/aromatic N) is 2. The van der Waals surface area contributed by atoms with Gasteiger partial charge in [-0.15, -0.1) is 0 Å². The van der Waals surface area contributed by atoms with Crippen molar-refractivity contribution in [1.29, 1.82) is 0 Å². The molecular weight excluding hydrogens is 386 g/mol. The molecule has 0 bridgehead atoms. The SMILES string of the molecule is O=C(COc1ccccc1)Nc1c2c(nn1-c1cccc(Cl)c1)CS(=O)C2. The van der Waals surface area contributed by atoms with Crippen LogP contribution in [-0.2, 0) is 27.1 Å².